The number of ether oxygens (including phenoxy) is 3. The molecule has 1 aliphatic carbocycles. The van der Waals surface area contributed by atoms with E-state index in [-0.39, 0.29) is 35.6 Å². The van der Waals surface area contributed by atoms with Gasteiger partial charge in [0.15, 0.2) is 0 Å². The van der Waals surface area contributed by atoms with Gasteiger partial charge in [-0.15, -0.1) is 0 Å². The van der Waals surface area contributed by atoms with Gasteiger partial charge in [-0.1, -0.05) is 24.3 Å². The van der Waals surface area contributed by atoms with Crippen LogP contribution in [0.4, 0.5) is 29.2 Å². The Morgan fingerprint density at radius 1 is 1.15 bits per heavy atom. The van der Waals surface area contributed by atoms with E-state index in [2.05, 4.69) is 25.5 Å². The molecule has 2 N–H and O–H groups in total. The molecule has 5 rings (SSSR count). The molecule has 1 amide bonds. The first-order valence-electron chi connectivity index (χ1n) is 14.9. The van der Waals surface area contributed by atoms with Gasteiger partial charge < -0.3 is 29.7 Å². The number of halogens is 4. The SMILES string of the molecule is COc1cc(C(=O)N[C@H]2CCN(C)C[C@H]2OC)c(F)cc1Nc1ncc(C(F)(F)F)c(O[C@@H]2Cc3ccccc3[C@@H]2N(C)S(C)(=O)=O)n1. The van der Waals surface area contributed by atoms with E-state index in [1.165, 1.54) is 21.3 Å². The van der Waals surface area contributed by atoms with Crippen LogP contribution in [0.25, 0.3) is 0 Å². The molecule has 1 fully saturated rings. The van der Waals surface area contributed by atoms with Crippen molar-refractivity contribution in [1.29, 1.82) is 0 Å². The molecular weight excluding hydrogens is 660 g/mol. The summed E-state index contributed by atoms with van der Waals surface area (Å²) in [5.41, 5.74) is -0.381. The summed E-state index contributed by atoms with van der Waals surface area (Å²) >= 11 is 0. The molecule has 0 radical (unpaired) electrons. The molecule has 2 aliphatic rings. The van der Waals surface area contributed by atoms with E-state index in [1.54, 1.807) is 24.3 Å². The summed E-state index contributed by atoms with van der Waals surface area (Å²) in [4.78, 5) is 22.9. The van der Waals surface area contributed by atoms with Gasteiger partial charge in [-0.2, -0.15) is 22.5 Å². The monoisotopic (exact) mass is 696 g/mol. The standard InChI is InChI=1S/C31H36F4N6O6S/c1-40-11-10-22(26(16-40)46-4)37-28(42)19-13-24(45-3)23(14-21(19)32)38-30-36-15-20(31(33,34)35)29(39-30)47-25-12-17-8-6-7-9-18(17)27(25)41(2)48(5,43)44/h6-9,13-15,22,25-27H,10-12,16H2,1-5H3,(H,37,42)(H,36,38,39)/t22-,25+,26+,27-/m0/s1. The van der Waals surface area contributed by atoms with Crippen LogP contribution in [-0.4, -0.2) is 99.4 Å². The number of amides is 1. The van der Waals surface area contributed by atoms with E-state index in [0.717, 1.165) is 22.7 Å². The van der Waals surface area contributed by atoms with Crippen molar-refractivity contribution in [3.05, 3.63) is 70.7 Å². The molecule has 0 spiro atoms. The fourth-order valence-electron chi connectivity index (χ4n) is 5.97. The highest BCUT2D eigenvalue weighted by Gasteiger charge is 2.43. The van der Waals surface area contributed by atoms with E-state index in [9.17, 15) is 26.4 Å². The topological polar surface area (TPSA) is 135 Å². The number of methoxy groups -OCH3 is 2. The first-order chi connectivity index (χ1) is 22.6. The van der Waals surface area contributed by atoms with Crippen molar-refractivity contribution < 1.29 is 45.0 Å². The van der Waals surface area contributed by atoms with Gasteiger partial charge >= 0.3 is 6.18 Å². The minimum Gasteiger partial charge on any atom is -0.495 e. The highest BCUT2D eigenvalue weighted by atomic mass is 32.2. The molecule has 260 valence electrons. The maximum atomic E-state index is 15.4. The number of hydrogen-bond acceptors (Lipinski definition) is 10. The summed E-state index contributed by atoms with van der Waals surface area (Å²) in [6, 6.07) is 7.68. The smallest absolute Gasteiger partial charge is 0.423 e. The van der Waals surface area contributed by atoms with Crippen molar-refractivity contribution in [2.24, 2.45) is 0 Å². The van der Waals surface area contributed by atoms with Crippen LogP contribution in [0.2, 0.25) is 0 Å². The first kappa shape index (κ1) is 35.3. The third-order valence-electron chi connectivity index (χ3n) is 8.55. The first-order valence-corrected chi connectivity index (χ1v) is 16.7. The number of nitrogens with one attached hydrogen (secondary N) is 2. The third kappa shape index (κ3) is 7.48. The molecule has 12 nitrogen and oxygen atoms in total. The fourth-order valence-corrected chi connectivity index (χ4v) is 6.63. The van der Waals surface area contributed by atoms with Crippen molar-refractivity contribution in [3.8, 4) is 11.6 Å². The van der Waals surface area contributed by atoms with Crippen LogP contribution in [0.15, 0.2) is 42.6 Å². The lowest BCUT2D eigenvalue weighted by atomic mass is 10.0. The molecule has 2 heterocycles. The molecule has 0 saturated carbocycles. The second-order valence-electron chi connectivity index (χ2n) is 11.8. The van der Waals surface area contributed by atoms with E-state index < -0.39 is 57.5 Å². The Morgan fingerprint density at radius 2 is 1.88 bits per heavy atom. The van der Waals surface area contributed by atoms with Crippen molar-refractivity contribution in [2.45, 2.75) is 43.3 Å². The number of carbonyl (C=O) groups excluding carboxylic acids is 1. The minimum atomic E-state index is -4.92. The number of hydrogen-bond donors (Lipinski definition) is 2. The van der Waals surface area contributed by atoms with Crippen LogP contribution >= 0.6 is 0 Å². The summed E-state index contributed by atoms with van der Waals surface area (Å²) < 4.78 is 100. The molecule has 0 bridgehead atoms. The summed E-state index contributed by atoms with van der Waals surface area (Å²) in [5.74, 6) is -2.89. The number of anilines is 2. The average Bonchev–Trinajstić information content (AvgIpc) is 3.38. The number of likely N-dealkylation sites (N-methyl/N-ethyl adjacent to an activating group) is 2. The van der Waals surface area contributed by atoms with Gasteiger partial charge in [-0.05, 0) is 37.2 Å². The van der Waals surface area contributed by atoms with Crippen molar-refractivity contribution >= 4 is 27.6 Å². The number of rotatable bonds is 10. The summed E-state index contributed by atoms with van der Waals surface area (Å²) in [6.45, 7) is 1.29. The lowest BCUT2D eigenvalue weighted by molar-refractivity contribution is -0.140. The van der Waals surface area contributed by atoms with Gasteiger partial charge in [0.05, 0.1) is 42.8 Å². The van der Waals surface area contributed by atoms with Crippen LogP contribution < -0.4 is 20.1 Å². The van der Waals surface area contributed by atoms with Crippen molar-refractivity contribution in [2.75, 3.05) is 53.0 Å². The fraction of sp³-hybridized carbons (Fsp3) is 0.452. The van der Waals surface area contributed by atoms with E-state index in [0.29, 0.717) is 36.8 Å². The Balaban J connectivity index is 1.43. The van der Waals surface area contributed by atoms with Gasteiger partial charge in [0.25, 0.3) is 5.91 Å². The zero-order valence-electron chi connectivity index (χ0n) is 26.8. The van der Waals surface area contributed by atoms with Crippen LogP contribution in [0.1, 0.15) is 39.5 Å². The van der Waals surface area contributed by atoms with Gasteiger partial charge in [0, 0.05) is 39.4 Å². The quantitative estimate of drug-likeness (QED) is 0.302. The normalized spacial score (nSPS) is 21.5. The maximum absolute atomic E-state index is 15.4. The number of aromatic nitrogens is 2. The second kappa shape index (κ2) is 13.8. The van der Waals surface area contributed by atoms with E-state index in [1.807, 2.05) is 7.05 Å². The van der Waals surface area contributed by atoms with Crippen LogP contribution in [0, 0.1) is 5.82 Å². The van der Waals surface area contributed by atoms with Gasteiger partial charge in [-0.3, -0.25) is 4.79 Å². The Kier molecular flexibility index (Phi) is 10.1. The van der Waals surface area contributed by atoms with Gasteiger partial charge in [0.1, 0.15) is 23.2 Å². The summed E-state index contributed by atoms with van der Waals surface area (Å²) in [6.07, 6.45) is -4.09. The number of carbonyl (C=O) groups is 1. The number of likely N-dealkylation sites (tertiary alicyclic amines) is 1. The summed E-state index contributed by atoms with van der Waals surface area (Å²) in [7, 11) is 2.28. The molecule has 48 heavy (non-hydrogen) atoms. The Hall–Kier alpha value is -4.06. The number of alkyl halides is 3. The molecular formula is C31H36F4N6O6S. The predicted molar refractivity (Wildman–Crippen MR) is 167 cm³/mol. The zero-order chi connectivity index (χ0) is 35.0. The predicted octanol–water partition coefficient (Wildman–Crippen LogP) is 3.77. The van der Waals surface area contributed by atoms with Crippen molar-refractivity contribution in [3.63, 3.8) is 0 Å². The van der Waals surface area contributed by atoms with Gasteiger partial charge in [0.2, 0.25) is 21.9 Å². The van der Waals surface area contributed by atoms with Gasteiger partial charge in [-0.25, -0.2) is 17.8 Å². The number of benzene rings is 2. The molecule has 0 unspecified atom stereocenters. The van der Waals surface area contributed by atoms with Crippen molar-refractivity contribution in [1.82, 2.24) is 24.5 Å². The molecule has 1 aromatic heterocycles. The Labute approximate surface area is 275 Å². The maximum Gasteiger partial charge on any atom is 0.423 e. The lowest BCUT2D eigenvalue weighted by Crippen LogP contribution is -2.53. The zero-order valence-corrected chi connectivity index (χ0v) is 27.7. The Bertz CT molecular complexity index is 1780. The van der Waals surface area contributed by atoms with Crippen LogP contribution in [0.5, 0.6) is 11.6 Å². The molecule has 17 heteroatoms. The summed E-state index contributed by atoms with van der Waals surface area (Å²) in [5, 5.41) is 5.47. The molecule has 1 saturated heterocycles. The number of piperidine rings is 1. The molecule has 4 atom stereocenters. The largest absolute Gasteiger partial charge is 0.495 e. The number of fused-ring (bicyclic) bond motifs is 1. The van der Waals surface area contributed by atoms with E-state index in [4.69, 9.17) is 14.2 Å². The molecule has 1 aliphatic heterocycles. The van der Waals surface area contributed by atoms with E-state index >= 15 is 4.39 Å². The number of nitrogens with zero attached hydrogens (tertiary/aromatic N) is 4. The number of sulfonamides is 1. The molecule has 3 aromatic rings. The lowest BCUT2D eigenvalue weighted by Gasteiger charge is -2.36. The highest BCUT2D eigenvalue weighted by Crippen LogP contribution is 2.42. The van der Waals surface area contributed by atoms with Crippen LogP contribution in [0.3, 0.4) is 0 Å². The molecule has 2 aromatic carbocycles. The minimum absolute atomic E-state index is 0.0136. The van der Waals surface area contributed by atoms with Crippen LogP contribution in [-0.2, 0) is 27.4 Å². The Morgan fingerprint density at radius 3 is 2.54 bits per heavy atom. The average molecular weight is 697 g/mol. The second-order valence-corrected chi connectivity index (χ2v) is 13.8. The third-order valence-corrected chi connectivity index (χ3v) is 9.82. The highest BCUT2D eigenvalue weighted by molar-refractivity contribution is 7.88.